The number of sulfonamides is 1. The second-order valence-electron chi connectivity index (χ2n) is 5.41. The molecule has 1 fully saturated rings. The van der Waals surface area contributed by atoms with Crippen molar-refractivity contribution in [1.29, 1.82) is 0 Å². The second-order valence-corrected chi connectivity index (χ2v) is 7.15. The van der Waals surface area contributed by atoms with Gasteiger partial charge in [0.25, 0.3) is 0 Å². The van der Waals surface area contributed by atoms with Gasteiger partial charge in [0.2, 0.25) is 10.0 Å². The van der Waals surface area contributed by atoms with Gasteiger partial charge in [-0.25, -0.2) is 17.9 Å². The summed E-state index contributed by atoms with van der Waals surface area (Å²) in [6.07, 6.45) is 5.57. The number of carboxylic acids is 1. The molecule has 21 heavy (non-hydrogen) atoms. The lowest BCUT2D eigenvalue weighted by molar-refractivity contribution is 0.0697. The summed E-state index contributed by atoms with van der Waals surface area (Å²) in [5.74, 6) is -0.770. The van der Waals surface area contributed by atoms with Gasteiger partial charge in [-0.2, -0.15) is 0 Å². The van der Waals surface area contributed by atoms with Crippen molar-refractivity contribution in [3.05, 3.63) is 23.8 Å². The molecular weight excluding hydrogens is 292 g/mol. The van der Waals surface area contributed by atoms with Gasteiger partial charge in [-0.3, -0.25) is 0 Å². The van der Waals surface area contributed by atoms with Crippen molar-refractivity contribution in [2.45, 2.75) is 37.0 Å². The van der Waals surface area contributed by atoms with Gasteiger partial charge in [-0.05, 0) is 37.0 Å². The van der Waals surface area contributed by atoms with E-state index in [1.807, 2.05) is 0 Å². The summed E-state index contributed by atoms with van der Waals surface area (Å²) < 4.78 is 27.1. The number of carboxylic acid groups (broad SMARTS) is 1. The summed E-state index contributed by atoms with van der Waals surface area (Å²) in [5.41, 5.74) is 5.59. The van der Waals surface area contributed by atoms with Crippen LogP contribution >= 0.6 is 0 Å². The molecule has 0 bridgehead atoms. The van der Waals surface area contributed by atoms with Crippen LogP contribution in [0.1, 0.15) is 42.5 Å². The Labute approximate surface area is 124 Å². The van der Waals surface area contributed by atoms with E-state index in [-0.39, 0.29) is 16.1 Å². The molecule has 0 unspecified atom stereocenters. The molecule has 0 aliphatic heterocycles. The molecule has 6 nitrogen and oxygen atoms in total. The zero-order valence-electron chi connectivity index (χ0n) is 11.7. The lowest BCUT2D eigenvalue weighted by Gasteiger charge is -2.21. The fourth-order valence-corrected chi connectivity index (χ4v) is 3.85. The smallest absolute Gasteiger partial charge is 0.335 e. The van der Waals surface area contributed by atoms with Gasteiger partial charge in [0.1, 0.15) is 4.90 Å². The molecule has 1 aromatic carbocycles. The fraction of sp³-hybridized carbons (Fsp3) is 0.500. The molecule has 1 saturated carbocycles. The maximum atomic E-state index is 12.2. The Morgan fingerprint density at radius 1 is 1.29 bits per heavy atom. The molecular formula is C14H20N2O4S. The monoisotopic (exact) mass is 312 g/mol. The quantitative estimate of drug-likeness (QED) is 0.718. The van der Waals surface area contributed by atoms with E-state index in [9.17, 15) is 13.2 Å². The minimum Gasteiger partial charge on any atom is -0.478 e. The van der Waals surface area contributed by atoms with E-state index in [1.165, 1.54) is 18.6 Å². The Balaban J connectivity index is 2.10. The molecule has 1 aromatic rings. The number of aromatic carboxylic acids is 1. The molecule has 0 atom stereocenters. The largest absolute Gasteiger partial charge is 0.478 e. The third kappa shape index (κ3) is 3.95. The number of nitrogen functional groups attached to an aromatic ring is 1. The van der Waals surface area contributed by atoms with Crippen LogP contribution < -0.4 is 10.5 Å². The second kappa shape index (κ2) is 6.44. The van der Waals surface area contributed by atoms with Gasteiger partial charge in [0.15, 0.2) is 0 Å². The maximum Gasteiger partial charge on any atom is 0.335 e. The lowest BCUT2D eigenvalue weighted by Crippen LogP contribution is -2.30. The summed E-state index contributed by atoms with van der Waals surface area (Å²) in [5, 5.41) is 8.86. The van der Waals surface area contributed by atoms with E-state index < -0.39 is 16.0 Å². The Morgan fingerprint density at radius 3 is 2.52 bits per heavy atom. The maximum absolute atomic E-state index is 12.2. The highest BCUT2D eigenvalue weighted by Gasteiger charge is 2.21. The van der Waals surface area contributed by atoms with Crippen LogP contribution in [0.2, 0.25) is 0 Å². The average Bonchev–Trinajstić information content (AvgIpc) is 2.46. The van der Waals surface area contributed by atoms with Gasteiger partial charge in [-0.1, -0.05) is 19.3 Å². The zero-order valence-corrected chi connectivity index (χ0v) is 12.5. The van der Waals surface area contributed by atoms with Crippen LogP contribution in [0.4, 0.5) is 5.69 Å². The number of hydrogen-bond acceptors (Lipinski definition) is 4. The summed E-state index contributed by atoms with van der Waals surface area (Å²) in [7, 11) is -3.70. The Kier molecular flexibility index (Phi) is 4.84. The first-order valence-corrected chi connectivity index (χ1v) is 8.51. The Hall–Kier alpha value is -1.60. The van der Waals surface area contributed by atoms with Crippen LogP contribution in [0.5, 0.6) is 0 Å². The standard InChI is InChI=1S/C14H20N2O4S/c15-12-8-11(14(17)18)6-7-13(12)21(19,20)16-9-10-4-2-1-3-5-10/h6-8,10,16H,1-5,9,15H2,(H,17,18). The van der Waals surface area contributed by atoms with Gasteiger partial charge >= 0.3 is 5.97 Å². The number of nitrogens with two attached hydrogens (primary N) is 1. The third-order valence-corrected chi connectivity index (χ3v) is 5.33. The van der Waals surface area contributed by atoms with E-state index in [1.54, 1.807) is 0 Å². The molecule has 0 radical (unpaired) electrons. The van der Waals surface area contributed by atoms with E-state index in [0.29, 0.717) is 12.5 Å². The normalized spacial score (nSPS) is 16.8. The van der Waals surface area contributed by atoms with Crippen molar-refractivity contribution in [1.82, 2.24) is 4.72 Å². The Morgan fingerprint density at radius 2 is 1.95 bits per heavy atom. The highest BCUT2D eigenvalue weighted by atomic mass is 32.2. The van der Waals surface area contributed by atoms with Crippen molar-refractivity contribution in [3.8, 4) is 0 Å². The third-order valence-electron chi connectivity index (χ3n) is 3.83. The van der Waals surface area contributed by atoms with E-state index in [2.05, 4.69) is 4.72 Å². The average molecular weight is 312 g/mol. The van der Waals surface area contributed by atoms with Gasteiger partial charge in [-0.15, -0.1) is 0 Å². The minimum atomic E-state index is -3.70. The lowest BCUT2D eigenvalue weighted by atomic mass is 9.90. The highest BCUT2D eigenvalue weighted by Crippen LogP contribution is 2.24. The number of benzene rings is 1. The molecule has 7 heteroatoms. The summed E-state index contributed by atoms with van der Waals surface area (Å²) in [6, 6.07) is 3.65. The van der Waals surface area contributed by atoms with Crippen LogP contribution in [-0.4, -0.2) is 26.0 Å². The number of hydrogen-bond donors (Lipinski definition) is 3. The summed E-state index contributed by atoms with van der Waals surface area (Å²) in [4.78, 5) is 10.8. The van der Waals surface area contributed by atoms with Crippen LogP contribution in [0.25, 0.3) is 0 Å². The summed E-state index contributed by atoms with van der Waals surface area (Å²) in [6.45, 7) is 0.405. The van der Waals surface area contributed by atoms with Gasteiger partial charge < -0.3 is 10.8 Å². The highest BCUT2D eigenvalue weighted by molar-refractivity contribution is 7.89. The van der Waals surface area contributed by atoms with Crippen molar-refractivity contribution < 1.29 is 18.3 Å². The molecule has 0 spiro atoms. The van der Waals surface area contributed by atoms with Crippen LogP contribution in [0.15, 0.2) is 23.1 Å². The van der Waals surface area contributed by atoms with Crippen LogP contribution in [0, 0.1) is 5.92 Å². The van der Waals surface area contributed by atoms with E-state index >= 15 is 0 Å². The van der Waals surface area contributed by atoms with Crippen molar-refractivity contribution >= 4 is 21.7 Å². The molecule has 0 aromatic heterocycles. The molecule has 2 rings (SSSR count). The molecule has 116 valence electrons. The predicted octanol–water partition coefficient (Wildman–Crippen LogP) is 1.83. The SMILES string of the molecule is Nc1cc(C(=O)O)ccc1S(=O)(=O)NCC1CCCCC1. The molecule has 1 aliphatic carbocycles. The van der Waals surface area contributed by atoms with Crippen LogP contribution in [0.3, 0.4) is 0 Å². The molecule has 0 amide bonds. The van der Waals surface area contributed by atoms with Crippen molar-refractivity contribution in [2.24, 2.45) is 5.92 Å². The van der Waals surface area contributed by atoms with Crippen LogP contribution in [-0.2, 0) is 10.0 Å². The first kappa shape index (κ1) is 15.8. The molecule has 0 saturated heterocycles. The van der Waals surface area contributed by atoms with Crippen molar-refractivity contribution in [3.63, 3.8) is 0 Å². The van der Waals surface area contributed by atoms with Gasteiger partial charge in [0, 0.05) is 6.54 Å². The molecule has 4 N–H and O–H groups in total. The number of nitrogens with one attached hydrogen (secondary N) is 1. The van der Waals surface area contributed by atoms with Crippen molar-refractivity contribution in [2.75, 3.05) is 12.3 Å². The first-order chi connectivity index (χ1) is 9.90. The van der Waals surface area contributed by atoms with E-state index in [4.69, 9.17) is 10.8 Å². The topological polar surface area (TPSA) is 109 Å². The molecule has 0 heterocycles. The molecule has 1 aliphatic rings. The predicted molar refractivity (Wildman–Crippen MR) is 79.6 cm³/mol. The zero-order chi connectivity index (χ0) is 15.5. The summed E-state index contributed by atoms with van der Waals surface area (Å²) >= 11 is 0. The minimum absolute atomic E-state index is 0.0290. The van der Waals surface area contributed by atoms with E-state index in [0.717, 1.165) is 31.7 Å². The first-order valence-electron chi connectivity index (χ1n) is 7.02. The number of carbonyl (C=O) groups is 1. The number of anilines is 1. The Bertz CT molecular complexity index is 622. The van der Waals surface area contributed by atoms with Gasteiger partial charge in [0.05, 0.1) is 11.3 Å². The fourth-order valence-electron chi connectivity index (χ4n) is 2.62. The number of rotatable bonds is 5.